The van der Waals surface area contributed by atoms with Gasteiger partial charge in [0, 0.05) is 12.1 Å². The van der Waals surface area contributed by atoms with Crippen molar-refractivity contribution >= 4 is 8.32 Å². The third-order valence-corrected chi connectivity index (χ3v) is 6.95. The molecule has 1 saturated carbocycles. The maximum atomic E-state index is 10.6. The van der Waals surface area contributed by atoms with Crippen LogP contribution in [0.2, 0.25) is 18.6 Å². The second kappa shape index (κ2) is 3.98. The molecule has 1 aliphatic rings. The van der Waals surface area contributed by atoms with Crippen LogP contribution in [0, 0.1) is 0 Å². The molecule has 2 rings (SSSR count). The number of rotatable bonds is 4. The molecule has 0 radical (unpaired) electrons. The molecule has 3 heteroatoms. The normalized spacial score (nSPS) is 29.1. The Bertz CT molecular complexity index is 363. The Balaban J connectivity index is 2.15. The van der Waals surface area contributed by atoms with Gasteiger partial charge >= 0.3 is 0 Å². The molecule has 88 valence electrons. The summed E-state index contributed by atoms with van der Waals surface area (Å²) in [6, 6.07) is 9.97. The Morgan fingerprint density at radius 2 is 2.00 bits per heavy atom. The standard InChI is InChI=1S/C13H20O2Si/c1-4-15-16(2,3)12-10-13(12,14)11-8-6-5-7-9-11/h5-9,12,14H,4,10H2,1-3H3/t12-,13-/m0/s1. The van der Waals surface area contributed by atoms with Crippen LogP contribution in [0.15, 0.2) is 30.3 Å². The predicted molar refractivity (Wildman–Crippen MR) is 67.8 cm³/mol. The second-order valence-electron chi connectivity index (χ2n) is 5.08. The van der Waals surface area contributed by atoms with Crippen LogP contribution in [0.3, 0.4) is 0 Å². The fourth-order valence-corrected chi connectivity index (χ4v) is 5.66. The molecule has 1 aromatic carbocycles. The lowest BCUT2D eigenvalue weighted by molar-refractivity contribution is 0.147. The summed E-state index contributed by atoms with van der Waals surface area (Å²) >= 11 is 0. The Hall–Kier alpha value is -0.643. The minimum Gasteiger partial charge on any atom is -0.417 e. The first kappa shape index (κ1) is 11.8. The fraction of sp³-hybridized carbons (Fsp3) is 0.538. The first-order chi connectivity index (χ1) is 7.50. The maximum Gasteiger partial charge on any atom is 0.193 e. The van der Waals surface area contributed by atoms with Crippen LogP contribution in [-0.4, -0.2) is 20.0 Å². The van der Waals surface area contributed by atoms with Crippen molar-refractivity contribution in [3.63, 3.8) is 0 Å². The van der Waals surface area contributed by atoms with Crippen molar-refractivity contribution in [3.8, 4) is 0 Å². The lowest BCUT2D eigenvalue weighted by atomic mass is 10.1. The third-order valence-electron chi connectivity index (χ3n) is 3.56. The average molecular weight is 236 g/mol. The minimum absolute atomic E-state index is 0.336. The number of aliphatic hydroxyl groups is 1. The molecule has 1 fully saturated rings. The highest BCUT2D eigenvalue weighted by Gasteiger charge is 2.62. The molecular formula is C13H20O2Si. The van der Waals surface area contributed by atoms with Crippen LogP contribution in [0.1, 0.15) is 18.9 Å². The molecule has 1 aromatic rings. The Morgan fingerprint density at radius 3 is 2.56 bits per heavy atom. The number of hydrogen-bond donors (Lipinski definition) is 1. The van der Waals surface area contributed by atoms with Gasteiger partial charge in [-0.05, 0) is 32.0 Å². The molecule has 0 bridgehead atoms. The minimum atomic E-state index is -1.74. The Morgan fingerprint density at radius 1 is 1.38 bits per heavy atom. The van der Waals surface area contributed by atoms with Crippen molar-refractivity contribution in [1.29, 1.82) is 0 Å². The van der Waals surface area contributed by atoms with E-state index < -0.39 is 13.9 Å². The zero-order chi connectivity index (χ0) is 11.8. The van der Waals surface area contributed by atoms with E-state index in [0.29, 0.717) is 5.54 Å². The van der Waals surface area contributed by atoms with Crippen LogP contribution in [0.4, 0.5) is 0 Å². The summed E-state index contributed by atoms with van der Waals surface area (Å²) < 4.78 is 5.85. The summed E-state index contributed by atoms with van der Waals surface area (Å²) in [5.41, 5.74) is 0.759. The van der Waals surface area contributed by atoms with Gasteiger partial charge < -0.3 is 9.53 Å². The van der Waals surface area contributed by atoms with E-state index in [1.165, 1.54) is 0 Å². The topological polar surface area (TPSA) is 29.5 Å². The van der Waals surface area contributed by atoms with Gasteiger partial charge in [-0.15, -0.1) is 0 Å². The van der Waals surface area contributed by atoms with E-state index in [4.69, 9.17) is 4.43 Å². The predicted octanol–water partition coefficient (Wildman–Crippen LogP) is 2.89. The quantitative estimate of drug-likeness (QED) is 0.815. The molecule has 16 heavy (non-hydrogen) atoms. The highest BCUT2D eigenvalue weighted by molar-refractivity contribution is 6.73. The van der Waals surface area contributed by atoms with Crippen LogP contribution < -0.4 is 0 Å². The summed E-state index contributed by atoms with van der Waals surface area (Å²) in [6.45, 7) is 7.17. The number of benzene rings is 1. The first-order valence-corrected chi connectivity index (χ1v) is 8.91. The van der Waals surface area contributed by atoms with Gasteiger partial charge in [-0.25, -0.2) is 0 Å². The van der Waals surface area contributed by atoms with Crippen molar-refractivity contribution in [1.82, 2.24) is 0 Å². The van der Waals surface area contributed by atoms with Gasteiger partial charge in [0.2, 0.25) is 0 Å². The van der Waals surface area contributed by atoms with Crippen molar-refractivity contribution < 1.29 is 9.53 Å². The van der Waals surface area contributed by atoms with Crippen LogP contribution >= 0.6 is 0 Å². The SMILES string of the molecule is CCO[Si](C)(C)[C@H]1C[C@]1(O)c1ccccc1. The largest absolute Gasteiger partial charge is 0.417 e. The summed E-state index contributed by atoms with van der Waals surface area (Å²) in [4.78, 5) is 0. The molecule has 0 heterocycles. The Kier molecular flexibility index (Phi) is 2.95. The molecule has 0 aromatic heterocycles. The monoisotopic (exact) mass is 236 g/mol. The van der Waals surface area contributed by atoms with Crippen molar-refractivity contribution in [2.24, 2.45) is 0 Å². The fourth-order valence-electron chi connectivity index (χ4n) is 2.59. The molecule has 1 N–H and O–H groups in total. The van der Waals surface area contributed by atoms with Gasteiger partial charge in [-0.3, -0.25) is 0 Å². The lowest BCUT2D eigenvalue weighted by Gasteiger charge is -2.24. The van der Waals surface area contributed by atoms with Gasteiger partial charge in [0.25, 0.3) is 0 Å². The molecular weight excluding hydrogens is 216 g/mol. The first-order valence-electron chi connectivity index (χ1n) is 5.92. The van der Waals surface area contributed by atoms with Gasteiger partial charge in [0.05, 0.1) is 5.60 Å². The van der Waals surface area contributed by atoms with Crippen molar-refractivity contribution in [3.05, 3.63) is 35.9 Å². The maximum absolute atomic E-state index is 10.6. The molecule has 1 aliphatic carbocycles. The van der Waals surface area contributed by atoms with E-state index in [2.05, 4.69) is 13.1 Å². The van der Waals surface area contributed by atoms with Crippen molar-refractivity contribution in [2.45, 2.75) is 37.6 Å². The summed E-state index contributed by atoms with van der Waals surface area (Å²) in [5, 5.41) is 10.6. The molecule has 0 unspecified atom stereocenters. The van der Waals surface area contributed by atoms with Crippen molar-refractivity contribution in [2.75, 3.05) is 6.61 Å². The van der Waals surface area contributed by atoms with E-state index in [1.54, 1.807) is 0 Å². The molecule has 0 amide bonds. The van der Waals surface area contributed by atoms with Crippen LogP contribution in [-0.2, 0) is 10.0 Å². The van der Waals surface area contributed by atoms with E-state index in [0.717, 1.165) is 18.6 Å². The van der Waals surface area contributed by atoms with E-state index in [-0.39, 0.29) is 0 Å². The summed E-state index contributed by atoms with van der Waals surface area (Å²) in [6.07, 6.45) is 0.857. The third kappa shape index (κ3) is 1.95. The van der Waals surface area contributed by atoms with Gasteiger partial charge in [-0.2, -0.15) is 0 Å². The second-order valence-corrected chi connectivity index (χ2v) is 9.28. The Labute approximate surface area is 98.4 Å². The van der Waals surface area contributed by atoms with Crippen LogP contribution in [0.25, 0.3) is 0 Å². The summed E-state index contributed by atoms with van der Waals surface area (Å²) in [7, 11) is -1.74. The molecule has 2 atom stereocenters. The van der Waals surface area contributed by atoms with Gasteiger partial charge in [0.15, 0.2) is 8.32 Å². The number of hydrogen-bond acceptors (Lipinski definition) is 2. The highest BCUT2D eigenvalue weighted by atomic mass is 28.4. The molecule has 0 saturated heterocycles. The smallest absolute Gasteiger partial charge is 0.193 e. The van der Waals surface area contributed by atoms with Gasteiger partial charge in [0.1, 0.15) is 0 Å². The average Bonchev–Trinajstić information content (AvgIpc) is 2.95. The molecule has 0 aliphatic heterocycles. The zero-order valence-electron chi connectivity index (χ0n) is 10.2. The van der Waals surface area contributed by atoms with Gasteiger partial charge in [-0.1, -0.05) is 30.3 Å². The van der Waals surface area contributed by atoms with E-state index in [1.807, 2.05) is 37.3 Å². The van der Waals surface area contributed by atoms with E-state index >= 15 is 0 Å². The van der Waals surface area contributed by atoms with Crippen LogP contribution in [0.5, 0.6) is 0 Å². The van der Waals surface area contributed by atoms with E-state index in [9.17, 15) is 5.11 Å². The lowest BCUT2D eigenvalue weighted by Crippen LogP contribution is -2.34. The zero-order valence-corrected chi connectivity index (χ0v) is 11.2. The highest BCUT2D eigenvalue weighted by Crippen LogP contribution is 2.61. The summed E-state index contributed by atoms with van der Waals surface area (Å²) in [5.74, 6) is 0. The molecule has 2 nitrogen and oxygen atoms in total. The molecule has 0 spiro atoms.